The van der Waals surface area contributed by atoms with E-state index in [1.54, 1.807) is 0 Å². The first kappa shape index (κ1) is 14.8. The highest BCUT2D eigenvalue weighted by Crippen LogP contribution is 2.39. The van der Waals surface area contributed by atoms with Crippen molar-refractivity contribution in [3.05, 3.63) is 22.2 Å². The molecule has 0 aliphatic carbocycles. The molecular formula is C15H20BrN3O2. The van der Waals surface area contributed by atoms with Crippen molar-refractivity contribution >= 4 is 33.2 Å². The Morgan fingerprint density at radius 1 is 1.52 bits per heavy atom. The van der Waals surface area contributed by atoms with Crippen LogP contribution in [0.3, 0.4) is 0 Å². The zero-order valence-electron chi connectivity index (χ0n) is 12.0. The van der Waals surface area contributed by atoms with Gasteiger partial charge in [-0.3, -0.25) is 4.79 Å². The second kappa shape index (κ2) is 5.94. The molecule has 1 saturated heterocycles. The Morgan fingerprint density at radius 2 is 2.33 bits per heavy atom. The zero-order valence-corrected chi connectivity index (χ0v) is 13.6. The first-order valence-electron chi connectivity index (χ1n) is 7.41. The van der Waals surface area contributed by atoms with Crippen LogP contribution >= 0.6 is 15.9 Å². The highest BCUT2D eigenvalue weighted by Gasteiger charge is 2.32. The van der Waals surface area contributed by atoms with Crippen molar-refractivity contribution in [3.63, 3.8) is 0 Å². The van der Waals surface area contributed by atoms with E-state index >= 15 is 0 Å². The third kappa shape index (κ3) is 2.80. The Balaban J connectivity index is 1.89. The number of rotatable bonds is 4. The molecule has 114 valence electrons. The van der Waals surface area contributed by atoms with Gasteiger partial charge in [-0.2, -0.15) is 0 Å². The lowest BCUT2D eigenvalue weighted by atomic mass is 10.1. The summed E-state index contributed by atoms with van der Waals surface area (Å²) in [6.45, 7) is 4.38. The molecule has 2 aliphatic heterocycles. The molecule has 2 atom stereocenters. The Kier molecular flexibility index (Phi) is 4.19. The van der Waals surface area contributed by atoms with Crippen molar-refractivity contribution in [2.24, 2.45) is 0 Å². The fourth-order valence-electron chi connectivity index (χ4n) is 2.96. The molecule has 21 heavy (non-hydrogen) atoms. The summed E-state index contributed by atoms with van der Waals surface area (Å²) >= 11 is 3.61. The number of carbonyl (C=O) groups is 1. The molecule has 1 fully saturated rings. The maximum absolute atomic E-state index is 12.1. The van der Waals surface area contributed by atoms with E-state index in [1.807, 2.05) is 12.1 Å². The fraction of sp³-hybridized carbons (Fsp3) is 0.533. The van der Waals surface area contributed by atoms with Crippen LogP contribution in [-0.2, 0) is 4.79 Å². The van der Waals surface area contributed by atoms with E-state index < -0.39 is 0 Å². The molecular weight excluding hydrogens is 334 g/mol. The SMILES string of the molecule is CCCNC1C(=O)Nc2cc(N3CCC(O)C3)c(Br)cc21. The van der Waals surface area contributed by atoms with E-state index in [0.29, 0.717) is 6.54 Å². The molecule has 0 saturated carbocycles. The van der Waals surface area contributed by atoms with Crippen LogP contribution in [0, 0.1) is 0 Å². The van der Waals surface area contributed by atoms with Gasteiger partial charge in [0.25, 0.3) is 0 Å². The minimum atomic E-state index is -0.269. The number of fused-ring (bicyclic) bond motifs is 1. The first-order chi connectivity index (χ1) is 10.1. The number of anilines is 2. The van der Waals surface area contributed by atoms with Gasteiger partial charge in [0.1, 0.15) is 6.04 Å². The van der Waals surface area contributed by atoms with Crippen LogP contribution in [-0.4, -0.2) is 36.8 Å². The molecule has 1 aromatic rings. The third-order valence-corrected chi connectivity index (χ3v) is 4.69. The molecule has 3 N–H and O–H groups in total. The molecule has 5 nitrogen and oxygen atoms in total. The normalized spacial score (nSPS) is 24.3. The van der Waals surface area contributed by atoms with Crippen LogP contribution < -0.4 is 15.5 Å². The molecule has 0 aromatic heterocycles. The molecule has 1 amide bonds. The number of β-amino-alcohol motifs (C(OH)–C–C–N with tert-alkyl or cyclic N) is 1. The monoisotopic (exact) mass is 353 g/mol. The largest absolute Gasteiger partial charge is 0.391 e. The highest BCUT2D eigenvalue weighted by molar-refractivity contribution is 9.10. The van der Waals surface area contributed by atoms with Crippen LogP contribution in [0.4, 0.5) is 11.4 Å². The number of carbonyl (C=O) groups excluding carboxylic acids is 1. The van der Waals surface area contributed by atoms with E-state index in [2.05, 4.69) is 38.4 Å². The number of nitrogens with one attached hydrogen (secondary N) is 2. The van der Waals surface area contributed by atoms with Gasteiger partial charge in [-0.05, 0) is 47.4 Å². The summed E-state index contributed by atoms with van der Waals surface area (Å²) in [5, 5.41) is 15.9. The average Bonchev–Trinajstić information content (AvgIpc) is 2.99. The van der Waals surface area contributed by atoms with Crippen molar-refractivity contribution in [1.82, 2.24) is 5.32 Å². The van der Waals surface area contributed by atoms with Crippen LogP contribution in [0.15, 0.2) is 16.6 Å². The lowest BCUT2D eigenvalue weighted by Crippen LogP contribution is -2.28. The van der Waals surface area contributed by atoms with E-state index in [4.69, 9.17) is 0 Å². The van der Waals surface area contributed by atoms with Gasteiger partial charge in [0.05, 0.1) is 11.8 Å². The summed E-state index contributed by atoms with van der Waals surface area (Å²) in [5.74, 6) is 0.00366. The first-order valence-corrected chi connectivity index (χ1v) is 8.20. The van der Waals surface area contributed by atoms with Gasteiger partial charge < -0.3 is 20.6 Å². The molecule has 1 aromatic carbocycles. The van der Waals surface area contributed by atoms with Crippen molar-refractivity contribution in [3.8, 4) is 0 Å². The van der Waals surface area contributed by atoms with E-state index in [9.17, 15) is 9.90 Å². The predicted octanol–water partition coefficient (Wildman–Crippen LogP) is 2.01. The quantitative estimate of drug-likeness (QED) is 0.774. The number of benzene rings is 1. The molecule has 2 unspecified atom stereocenters. The van der Waals surface area contributed by atoms with Crippen LogP contribution in [0.1, 0.15) is 31.4 Å². The number of hydrogen-bond donors (Lipinski definition) is 3. The summed E-state index contributed by atoms with van der Waals surface area (Å²) in [5.41, 5.74) is 2.89. The van der Waals surface area contributed by atoms with Crippen LogP contribution in [0.25, 0.3) is 0 Å². The smallest absolute Gasteiger partial charge is 0.246 e. The summed E-state index contributed by atoms with van der Waals surface area (Å²) in [6.07, 6.45) is 1.51. The van der Waals surface area contributed by atoms with E-state index in [-0.39, 0.29) is 18.1 Å². The topological polar surface area (TPSA) is 64.6 Å². The van der Waals surface area contributed by atoms with Crippen LogP contribution in [0.5, 0.6) is 0 Å². The second-order valence-corrected chi connectivity index (χ2v) is 6.51. The second-order valence-electron chi connectivity index (χ2n) is 5.66. The van der Waals surface area contributed by atoms with Gasteiger partial charge in [-0.1, -0.05) is 6.92 Å². The van der Waals surface area contributed by atoms with Crippen molar-refractivity contribution in [2.45, 2.75) is 31.9 Å². The highest BCUT2D eigenvalue weighted by atomic mass is 79.9. The minimum absolute atomic E-state index is 0.00366. The lowest BCUT2D eigenvalue weighted by Gasteiger charge is -2.21. The predicted molar refractivity (Wildman–Crippen MR) is 86.6 cm³/mol. The number of aliphatic hydroxyl groups is 1. The van der Waals surface area contributed by atoms with Crippen molar-refractivity contribution in [2.75, 3.05) is 29.9 Å². The number of nitrogens with zero attached hydrogens (tertiary/aromatic N) is 1. The van der Waals surface area contributed by atoms with Gasteiger partial charge in [0.2, 0.25) is 5.91 Å². The van der Waals surface area contributed by atoms with Crippen molar-refractivity contribution < 1.29 is 9.90 Å². The van der Waals surface area contributed by atoms with E-state index in [0.717, 1.165) is 47.3 Å². The third-order valence-electron chi connectivity index (χ3n) is 4.05. The number of amides is 1. The standard InChI is InChI=1S/C15H20BrN3O2/c1-2-4-17-14-10-6-11(16)13(7-12(10)18-15(14)21)19-5-3-9(20)8-19/h6-7,9,14,17,20H,2-5,8H2,1H3,(H,18,21). The summed E-state index contributed by atoms with van der Waals surface area (Å²) in [6, 6.07) is 3.75. The zero-order chi connectivity index (χ0) is 15.0. The molecule has 0 spiro atoms. The van der Waals surface area contributed by atoms with Gasteiger partial charge in [0.15, 0.2) is 0 Å². The summed E-state index contributed by atoms with van der Waals surface area (Å²) < 4.78 is 0.968. The Morgan fingerprint density at radius 3 is 3.00 bits per heavy atom. The maximum atomic E-state index is 12.1. The average molecular weight is 354 g/mol. The Hall–Kier alpha value is -1.11. The molecule has 3 rings (SSSR count). The van der Waals surface area contributed by atoms with E-state index in [1.165, 1.54) is 0 Å². The minimum Gasteiger partial charge on any atom is -0.391 e. The molecule has 2 aliphatic rings. The van der Waals surface area contributed by atoms with Gasteiger partial charge in [-0.25, -0.2) is 0 Å². The van der Waals surface area contributed by atoms with Crippen LogP contribution in [0.2, 0.25) is 0 Å². The fourth-order valence-corrected chi connectivity index (χ4v) is 3.58. The Bertz CT molecular complexity index is 564. The number of halogens is 1. The molecule has 2 heterocycles. The summed E-state index contributed by atoms with van der Waals surface area (Å²) in [4.78, 5) is 14.2. The number of hydrogen-bond acceptors (Lipinski definition) is 4. The lowest BCUT2D eigenvalue weighted by molar-refractivity contribution is -0.117. The molecule has 6 heteroatoms. The van der Waals surface area contributed by atoms with Crippen molar-refractivity contribution in [1.29, 1.82) is 0 Å². The Labute approximate surface area is 132 Å². The van der Waals surface area contributed by atoms with Gasteiger partial charge in [-0.15, -0.1) is 0 Å². The van der Waals surface area contributed by atoms with Gasteiger partial charge in [0, 0.05) is 28.8 Å². The molecule has 0 radical (unpaired) electrons. The van der Waals surface area contributed by atoms with Gasteiger partial charge >= 0.3 is 0 Å². The summed E-state index contributed by atoms with van der Waals surface area (Å²) in [7, 11) is 0. The number of aliphatic hydroxyl groups excluding tert-OH is 1. The maximum Gasteiger partial charge on any atom is 0.246 e. The molecule has 0 bridgehead atoms.